The van der Waals surface area contributed by atoms with Crippen LogP contribution in [0.4, 0.5) is 9.18 Å². The molecule has 0 aromatic heterocycles. The molecule has 1 aromatic carbocycles. The molecule has 0 fully saturated rings. The highest BCUT2D eigenvalue weighted by Gasteiger charge is 2.23. The van der Waals surface area contributed by atoms with E-state index < -0.39 is 17.4 Å². The van der Waals surface area contributed by atoms with Crippen molar-refractivity contribution in [2.24, 2.45) is 0 Å². The molecule has 1 N–H and O–H groups in total. The lowest BCUT2D eigenvalue weighted by atomic mass is 9.94. The lowest BCUT2D eigenvalue weighted by molar-refractivity contribution is 0.0501. The second-order valence-electron chi connectivity index (χ2n) is 7.04. The summed E-state index contributed by atoms with van der Waals surface area (Å²) < 4.78 is 19.4. The molecule has 0 aliphatic carbocycles. The van der Waals surface area contributed by atoms with Gasteiger partial charge in [-0.25, -0.2) is 9.18 Å². The Kier molecular flexibility index (Phi) is 6.20. The van der Waals surface area contributed by atoms with Gasteiger partial charge < -0.3 is 10.1 Å². The summed E-state index contributed by atoms with van der Waals surface area (Å²) in [7, 11) is 0. The number of halogens is 1. The third kappa shape index (κ3) is 6.73. The lowest BCUT2D eigenvalue weighted by Crippen LogP contribution is -2.35. The Morgan fingerprint density at radius 3 is 2.52 bits per heavy atom. The van der Waals surface area contributed by atoms with E-state index in [0.717, 1.165) is 5.56 Å². The van der Waals surface area contributed by atoms with Gasteiger partial charge in [0.15, 0.2) is 0 Å². The number of rotatable bonds is 5. The molecule has 1 unspecified atom stereocenters. The van der Waals surface area contributed by atoms with Crippen molar-refractivity contribution < 1.29 is 13.9 Å². The fraction of sp³-hybridized carbons (Fsp3) is 0.526. The molecule has 0 spiro atoms. The minimum Gasteiger partial charge on any atom is -0.444 e. The molecule has 1 atom stereocenters. The number of nitrogens with one attached hydrogen (secondary N) is 1. The van der Waals surface area contributed by atoms with Crippen molar-refractivity contribution in [2.45, 2.75) is 64.8 Å². The van der Waals surface area contributed by atoms with Crippen LogP contribution < -0.4 is 5.32 Å². The Morgan fingerprint density at radius 2 is 2.00 bits per heavy atom. The van der Waals surface area contributed by atoms with Crippen molar-refractivity contribution in [3.05, 3.63) is 35.4 Å². The van der Waals surface area contributed by atoms with Crippen LogP contribution in [-0.4, -0.2) is 11.7 Å². The van der Waals surface area contributed by atoms with E-state index in [0.29, 0.717) is 18.4 Å². The first-order valence-electron chi connectivity index (χ1n) is 7.75. The number of hydrogen-bond acceptors (Lipinski definition) is 2. The number of alkyl carbamates (subject to hydrolysis) is 1. The van der Waals surface area contributed by atoms with Crippen molar-refractivity contribution in [3.63, 3.8) is 0 Å². The highest BCUT2D eigenvalue weighted by atomic mass is 19.1. The first-order valence-corrected chi connectivity index (χ1v) is 7.75. The van der Waals surface area contributed by atoms with E-state index in [9.17, 15) is 9.18 Å². The third-order valence-corrected chi connectivity index (χ3v) is 3.24. The van der Waals surface area contributed by atoms with Crippen LogP contribution in [0.15, 0.2) is 24.3 Å². The molecule has 0 aliphatic heterocycles. The van der Waals surface area contributed by atoms with Crippen molar-refractivity contribution in [1.29, 1.82) is 0 Å². The molecule has 23 heavy (non-hydrogen) atoms. The molecule has 4 heteroatoms. The third-order valence-electron chi connectivity index (χ3n) is 3.24. The number of amides is 1. The Balaban J connectivity index is 2.98. The zero-order chi connectivity index (χ0) is 17.7. The summed E-state index contributed by atoms with van der Waals surface area (Å²) >= 11 is 0. The summed E-state index contributed by atoms with van der Waals surface area (Å²) in [6.07, 6.45) is 5.89. The number of carbonyl (C=O) groups excluding carboxylic acids is 1. The maximum Gasteiger partial charge on any atom is 0.408 e. The average Bonchev–Trinajstić information content (AvgIpc) is 2.40. The second kappa shape index (κ2) is 7.50. The summed E-state index contributed by atoms with van der Waals surface area (Å²) in [5.74, 6) is 2.57. The predicted molar refractivity (Wildman–Crippen MR) is 90.8 cm³/mol. The minimum absolute atomic E-state index is 0.316. The van der Waals surface area contributed by atoms with Gasteiger partial charge in [0.1, 0.15) is 11.3 Å². The highest BCUT2D eigenvalue weighted by molar-refractivity contribution is 5.68. The standard InChI is InChI=1S/C19H26FNO2/c1-7-8-12-16(21-17(22)23-18(2,3)4)14-10-9-11-15(13-14)19(5,6)20/h1,9-11,13,16H,8,12H2,2-6H3,(H,21,22). The van der Waals surface area contributed by atoms with Crippen molar-refractivity contribution in [3.8, 4) is 12.3 Å². The van der Waals surface area contributed by atoms with Gasteiger partial charge in [-0.2, -0.15) is 0 Å². The van der Waals surface area contributed by atoms with E-state index in [1.54, 1.807) is 39.0 Å². The van der Waals surface area contributed by atoms with E-state index in [1.165, 1.54) is 13.8 Å². The van der Waals surface area contributed by atoms with Crippen LogP contribution in [0.3, 0.4) is 0 Å². The van der Waals surface area contributed by atoms with Gasteiger partial charge in [0.25, 0.3) is 0 Å². The van der Waals surface area contributed by atoms with Gasteiger partial charge in [-0.15, -0.1) is 12.3 Å². The van der Waals surface area contributed by atoms with Crippen molar-refractivity contribution in [1.82, 2.24) is 5.32 Å². The summed E-state index contributed by atoms with van der Waals surface area (Å²) in [5.41, 5.74) is -0.650. The quantitative estimate of drug-likeness (QED) is 0.786. The zero-order valence-electron chi connectivity index (χ0n) is 14.6. The number of benzene rings is 1. The van der Waals surface area contributed by atoms with Gasteiger partial charge >= 0.3 is 6.09 Å². The SMILES string of the molecule is C#CCCC(NC(=O)OC(C)(C)C)c1cccc(C(C)(C)F)c1. The normalized spacial score (nSPS) is 13.1. The van der Waals surface area contributed by atoms with E-state index >= 15 is 0 Å². The van der Waals surface area contributed by atoms with Crippen LogP contribution in [0.2, 0.25) is 0 Å². The summed E-state index contributed by atoms with van der Waals surface area (Å²) in [5, 5.41) is 2.82. The molecule has 0 bridgehead atoms. The Labute approximate surface area is 138 Å². The minimum atomic E-state index is -1.45. The maximum absolute atomic E-state index is 14.2. The molecule has 0 radical (unpaired) electrons. The molecule has 1 aromatic rings. The topological polar surface area (TPSA) is 38.3 Å². The number of terminal acetylenes is 1. The van der Waals surface area contributed by atoms with Gasteiger partial charge in [0.05, 0.1) is 6.04 Å². The average molecular weight is 319 g/mol. The summed E-state index contributed by atoms with van der Waals surface area (Å²) in [6.45, 7) is 8.41. The molecule has 0 heterocycles. The number of hydrogen-bond donors (Lipinski definition) is 1. The monoisotopic (exact) mass is 319 g/mol. The van der Waals surface area contributed by atoms with E-state index in [-0.39, 0.29) is 6.04 Å². The largest absolute Gasteiger partial charge is 0.444 e. The van der Waals surface area contributed by atoms with Crippen LogP contribution >= 0.6 is 0 Å². The zero-order valence-corrected chi connectivity index (χ0v) is 14.6. The predicted octanol–water partition coefficient (Wildman–Crippen LogP) is 4.87. The van der Waals surface area contributed by atoms with Gasteiger partial charge in [-0.1, -0.05) is 24.3 Å². The number of ether oxygens (including phenoxy) is 1. The van der Waals surface area contributed by atoms with Crippen LogP contribution in [0.1, 0.15) is 64.6 Å². The maximum atomic E-state index is 14.2. The second-order valence-corrected chi connectivity index (χ2v) is 7.04. The molecule has 126 valence electrons. The van der Waals surface area contributed by atoms with Crippen LogP contribution in [0, 0.1) is 12.3 Å². The number of alkyl halides is 1. The Morgan fingerprint density at radius 1 is 1.35 bits per heavy atom. The van der Waals surface area contributed by atoms with Crippen LogP contribution in [-0.2, 0) is 10.4 Å². The van der Waals surface area contributed by atoms with Crippen LogP contribution in [0.5, 0.6) is 0 Å². The van der Waals surface area contributed by atoms with Crippen LogP contribution in [0.25, 0.3) is 0 Å². The van der Waals surface area contributed by atoms with Gasteiger partial charge in [0, 0.05) is 6.42 Å². The van der Waals surface area contributed by atoms with Gasteiger partial charge in [-0.05, 0) is 52.2 Å². The van der Waals surface area contributed by atoms with Crippen molar-refractivity contribution in [2.75, 3.05) is 0 Å². The molecule has 1 rings (SSSR count). The van der Waals surface area contributed by atoms with Crippen molar-refractivity contribution >= 4 is 6.09 Å². The van der Waals surface area contributed by atoms with E-state index in [4.69, 9.17) is 11.2 Å². The van der Waals surface area contributed by atoms with Gasteiger partial charge in [0.2, 0.25) is 0 Å². The highest BCUT2D eigenvalue weighted by Crippen LogP contribution is 2.28. The fourth-order valence-corrected chi connectivity index (χ4v) is 2.12. The molecule has 3 nitrogen and oxygen atoms in total. The summed E-state index contributed by atoms with van der Waals surface area (Å²) in [6, 6.07) is 6.82. The molecular weight excluding hydrogens is 293 g/mol. The first-order chi connectivity index (χ1) is 10.5. The molecule has 0 saturated heterocycles. The molecule has 1 amide bonds. The fourth-order valence-electron chi connectivity index (χ4n) is 2.12. The lowest BCUT2D eigenvalue weighted by Gasteiger charge is -2.24. The molecular formula is C19H26FNO2. The van der Waals surface area contributed by atoms with Gasteiger partial charge in [-0.3, -0.25) is 0 Å². The molecule has 0 saturated carbocycles. The van der Waals surface area contributed by atoms with E-state index in [1.807, 2.05) is 6.07 Å². The number of carbonyl (C=O) groups is 1. The Bertz CT molecular complexity index is 576. The smallest absolute Gasteiger partial charge is 0.408 e. The Hall–Kier alpha value is -2.02. The molecule has 0 aliphatic rings. The summed E-state index contributed by atoms with van der Waals surface area (Å²) in [4.78, 5) is 12.0. The first kappa shape index (κ1) is 19.0. The van der Waals surface area contributed by atoms with E-state index in [2.05, 4.69) is 11.2 Å².